The highest BCUT2D eigenvalue weighted by Crippen LogP contribution is 2.41. The number of aromatic nitrogens is 1. The van der Waals surface area contributed by atoms with Crippen molar-refractivity contribution in [3.63, 3.8) is 0 Å². The lowest BCUT2D eigenvalue weighted by atomic mass is 9.81. The molecule has 0 aliphatic carbocycles. The van der Waals surface area contributed by atoms with Crippen molar-refractivity contribution < 1.29 is 31.1 Å². The Labute approximate surface area is 209 Å². The summed E-state index contributed by atoms with van der Waals surface area (Å²) in [6.07, 6.45) is -7.20. The third-order valence-corrected chi connectivity index (χ3v) is 5.80. The standard InChI is InChI=1S/C24H19ClF6N2O.ClH/c1-22(2,14-10-15(23(26,27)28)12-16(11-14)24(29,30)31)21(34)33(3)20-13-32-9-8-18(20)17-6-4-5-7-19(17)25;/h4-13H,1-3H3;1H. The number of amides is 1. The highest BCUT2D eigenvalue weighted by molar-refractivity contribution is 6.33. The van der Waals surface area contributed by atoms with Crippen molar-refractivity contribution in [2.45, 2.75) is 31.6 Å². The van der Waals surface area contributed by atoms with E-state index in [4.69, 9.17) is 11.6 Å². The molecule has 1 aromatic heterocycles. The average molecular weight is 537 g/mol. The first kappa shape index (κ1) is 28.5. The van der Waals surface area contributed by atoms with Crippen LogP contribution in [0.3, 0.4) is 0 Å². The lowest BCUT2D eigenvalue weighted by molar-refractivity contribution is -0.143. The molecule has 0 N–H and O–H groups in total. The van der Waals surface area contributed by atoms with Gasteiger partial charge in [0.25, 0.3) is 0 Å². The predicted molar refractivity (Wildman–Crippen MR) is 125 cm³/mol. The summed E-state index contributed by atoms with van der Waals surface area (Å²) in [6, 6.07) is 9.60. The van der Waals surface area contributed by atoms with Gasteiger partial charge in [-0.25, -0.2) is 0 Å². The van der Waals surface area contributed by atoms with Crippen molar-refractivity contribution in [1.82, 2.24) is 4.98 Å². The Hall–Kier alpha value is -2.78. The molecule has 0 fully saturated rings. The molecule has 0 radical (unpaired) electrons. The molecule has 35 heavy (non-hydrogen) atoms. The molecule has 11 heteroatoms. The van der Waals surface area contributed by atoms with Gasteiger partial charge < -0.3 is 4.90 Å². The zero-order valence-corrected chi connectivity index (χ0v) is 20.2. The number of carbonyl (C=O) groups is 1. The molecule has 3 rings (SSSR count). The maximum absolute atomic E-state index is 13.5. The smallest absolute Gasteiger partial charge is 0.313 e. The molecule has 0 atom stereocenters. The molecule has 0 aliphatic heterocycles. The molecule has 0 spiro atoms. The van der Waals surface area contributed by atoms with Gasteiger partial charge in [-0.2, -0.15) is 26.3 Å². The van der Waals surface area contributed by atoms with Crippen LogP contribution >= 0.6 is 24.0 Å². The van der Waals surface area contributed by atoms with Gasteiger partial charge in [-0.3, -0.25) is 9.78 Å². The van der Waals surface area contributed by atoms with Crippen LogP contribution in [0.25, 0.3) is 11.1 Å². The molecular formula is C24H20Cl2F6N2O. The van der Waals surface area contributed by atoms with E-state index in [1.165, 1.54) is 33.3 Å². The second-order valence-electron chi connectivity index (χ2n) is 8.16. The van der Waals surface area contributed by atoms with Gasteiger partial charge in [-0.15, -0.1) is 12.4 Å². The summed E-state index contributed by atoms with van der Waals surface area (Å²) in [6.45, 7) is 2.54. The third-order valence-electron chi connectivity index (χ3n) is 5.47. The third kappa shape index (κ3) is 5.90. The van der Waals surface area contributed by atoms with Crippen molar-refractivity contribution in [3.05, 3.63) is 82.6 Å². The Balaban J connectivity index is 0.00000432. The molecule has 3 nitrogen and oxygen atoms in total. The van der Waals surface area contributed by atoms with Crippen LogP contribution in [-0.2, 0) is 22.6 Å². The molecular weight excluding hydrogens is 517 g/mol. The lowest BCUT2D eigenvalue weighted by Crippen LogP contribution is -2.42. The monoisotopic (exact) mass is 536 g/mol. The van der Waals surface area contributed by atoms with Gasteiger partial charge in [-0.1, -0.05) is 29.8 Å². The minimum Gasteiger partial charge on any atom is -0.313 e. The van der Waals surface area contributed by atoms with Gasteiger partial charge in [0.1, 0.15) is 0 Å². The lowest BCUT2D eigenvalue weighted by Gasteiger charge is -2.31. The number of hydrogen-bond donors (Lipinski definition) is 0. The summed E-state index contributed by atoms with van der Waals surface area (Å²) >= 11 is 6.28. The number of rotatable bonds is 4. The fourth-order valence-corrected chi connectivity index (χ4v) is 3.77. The Morgan fingerprint density at radius 3 is 1.89 bits per heavy atom. The molecule has 1 heterocycles. The molecule has 3 aromatic rings. The quantitative estimate of drug-likeness (QED) is 0.318. The Morgan fingerprint density at radius 2 is 1.37 bits per heavy atom. The molecule has 0 unspecified atom stereocenters. The van der Waals surface area contributed by atoms with Crippen molar-refractivity contribution >= 4 is 35.6 Å². The van der Waals surface area contributed by atoms with Gasteiger partial charge in [0.05, 0.1) is 28.4 Å². The van der Waals surface area contributed by atoms with Crippen LogP contribution in [0, 0.1) is 0 Å². The largest absolute Gasteiger partial charge is 0.416 e. The van der Waals surface area contributed by atoms with Crippen LogP contribution in [0.5, 0.6) is 0 Å². The van der Waals surface area contributed by atoms with Gasteiger partial charge in [-0.05, 0) is 49.7 Å². The molecule has 188 valence electrons. The van der Waals surface area contributed by atoms with Gasteiger partial charge >= 0.3 is 12.4 Å². The highest BCUT2D eigenvalue weighted by Gasteiger charge is 2.41. The first-order chi connectivity index (χ1) is 15.6. The van der Waals surface area contributed by atoms with E-state index >= 15 is 0 Å². The van der Waals surface area contributed by atoms with E-state index in [1.807, 2.05) is 0 Å². The number of carbonyl (C=O) groups excluding carboxylic acids is 1. The summed E-state index contributed by atoms with van der Waals surface area (Å²) in [5.41, 5.74) is -3.75. The number of pyridine rings is 1. The fourth-order valence-electron chi connectivity index (χ4n) is 3.53. The Morgan fingerprint density at radius 1 is 0.857 bits per heavy atom. The summed E-state index contributed by atoms with van der Waals surface area (Å²) in [5.74, 6) is -0.735. The average Bonchev–Trinajstić information content (AvgIpc) is 2.77. The number of anilines is 1. The van der Waals surface area contributed by atoms with E-state index in [0.29, 0.717) is 28.3 Å². The zero-order valence-electron chi connectivity index (χ0n) is 18.6. The summed E-state index contributed by atoms with van der Waals surface area (Å²) in [7, 11) is 1.37. The molecule has 2 aromatic carbocycles. The van der Waals surface area contributed by atoms with Crippen LogP contribution in [0.4, 0.5) is 32.0 Å². The van der Waals surface area contributed by atoms with E-state index in [-0.39, 0.29) is 24.2 Å². The van der Waals surface area contributed by atoms with E-state index < -0.39 is 40.4 Å². The van der Waals surface area contributed by atoms with Gasteiger partial charge in [0.15, 0.2) is 0 Å². The first-order valence-corrected chi connectivity index (χ1v) is 10.3. The van der Waals surface area contributed by atoms with Crippen molar-refractivity contribution in [2.75, 3.05) is 11.9 Å². The number of nitrogens with zero attached hydrogens (tertiary/aromatic N) is 2. The van der Waals surface area contributed by atoms with Crippen LogP contribution in [0.1, 0.15) is 30.5 Å². The topological polar surface area (TPSA) is 33.2 Å². The van der Waals surface area contributed by atoms with Crippen LogP contribution in [-0.4, -0.2) is 17.9 Å². The van der Waals surface area contributed by atoms with E-state index in [0.717, 1.165) is 4.90 Å². The van der Waals surface area contributed by atoms with Gasteiger partial charge in [0, 0.05) is 29.4 Å². The normalized spacial score (nSPS) is 12.2. The summed E-state index contributed by atoms with van der Waals surface area (Å²) in [4.78, 5) is 18.6. The SMILES string of the molecule is CN(C(=O)C(C)(C)c1cc(C(F)(F)F)cc(C(F)(F)F)c1)c1cnccc1-c1ccccc1Cl.Cl. The van der Waals surface area contributed by atoms with Gasteiger partial charge in [0.2, 0.25) is 5.91 Å². The van der Waals surface area contributed by atoms with E-state index in [1.54, 1.807) is 30.3 Å². The summed E-state index contributed by atoms with van der Waals surface area (Å²) in [5, 5.41) is 0.391. The molecule has 1 amide bonds. The number of halogens is 8. The van der Waals surface area contributed by atoms with Crippen LogP contribution in [0.2, 0.25) is 5.02 Å². The minimum absolute atomic E-state index is 0. The number of hydrogen-bond acceptors (Lipinski definition) is 2. The van der Waals surface area contributed by atoms with Crippen molar-refractivity contribution in [2.24, 2.45) is 0 Å². The molecule has 0 aliphatic rings. The zero-order chi connectivity index (χ0) is 25.5. The Kier molecular flexibility index (Phi) is 8.18. The predicted octanol–water partition coefficient (Wildman–Crippen LogP) is 7.80. The first-order valence-electron chi connectivity index (χ1n) is 9.91. The molecule has 0 saturated heterocycles. The van der Waals surface area contributed by atoms with Crippen LogP contribution < -0.4 is 4.90 Å². The fraction of sp³-hybridized carbons (Fsp3) is 0.250. The summed E-state index contributed by atoms with van der Waals surface area (Å²) < 4.78 is 80.1. The number of likely N-dealkylation sites (N-methyl/N-ethyl adjacent to an activating group) is 1. The second-order valence-corrected chi connectivity index (χ2v) is 8.56. The maximum Gasteiger partial charge on any atom is 0.416 e. The Bertz CT molecular complexity index is 1190. The highest BCUT2D eigenvalue weighted by atomic mass is 35.5. The van der Waals surface area contributed by atoms with Crippen LogP contribution in [0.15, 0.2) is 60.9 Å². The molecule has 0 bridgehead atoms. The van der Waals surface area contributed by atoms with E-state index in [9.17, 15) is 31.1 Å². The number of alkyl halides is 6. The number of benzene rings is 2. The van der Waals surface area contributed by atoms with Crippen molar-refractivity contribution in [3.8, 4) is 11.1 Å². The minimum atomic E-state index is -5.03. The van der Waals surface area contributed by atoms with E-state index in [2.05, 4.69) is 4.98 Å². The molecule has 0 saturated carbocycles. The van der Waals surface area contributed by atoms with Crippen molar-refractivity contribution in [1.29, 1.82) is 0 Å². The maximum atomic E-state index is 13.5. The second kappa shape index (κ2) is 10.1.